The third kappa shape index (κ3) is 15.2. The Balaban J connectivity index is 3.06. The van der Waals surface area contributed by atoms with Gasteiger partial charge in [-0.3, -0.25) is 4.79 Å². The minimum atomic E-state index is -0.666. The van der Waals surface area contributed by atoms with E-state index in [0.717, 1.165) is 12.8 Å². The van der Waals surface area contributed by atoms with Crippen molar-refractivity contribution in [3.8, 4) is 0 Å². The van der Waals surface area contributed by atoms with Gasteiger partial charge >= 0.3 is 5.97 Å². The second kappa shape index (κ2) is 14.3. The second-order valence-corrected chi connectivity index (χ2v) is 5.02. The quantitative estimate of drug-likeness (QED) is 0.279. The molecule has 0 rings (SSSR count). The Morgan fingerprint density at radius 2 is 1.33 bits per heavy atom. The van der Waals surface area contributed by atoms with Crippen LogP contribution in [0.4, 0.5) is 0 Å². The molecule has 0 aliphatic carbocycles. The Morgan fingerprint density at radius 1 is 0.833 bits per heavy atom. The van der Waals surface area contributed by atoms with Crippen LogP contribution in [0, 0.1) is 0 Å². The van der Waals surface area contributed by atoms with E-state index in [4.69, 9.17) is 5.11 Å². The lowest BCUT2D eigenvalue weighted by molar-refractivity contribution is -0.137. The largest absolute Gasteiger partial charge is 0.481 e. The van der Waals surface area contributed by atoms with Gasteiger partial charge in [0.05, 0.1) is 0 Å². The Hall–Kier alpha value is -0.790. The number of allylic oxidation sites excluding steroid dienone is 2. The highest BCUT2D eigenvalue weighted by atomic mass is 16.5. The Bertz CT molecular complexity index is 209. The fraction of sp³-hybridized carbons (Fsp3) is 0.812. The zero-order chi connectivity index (χ0) is 13.5. The van der Waals surface area contributed by atoms with Crippen molar-refractivity contribution < 1.29 is 9.90 Å². The highest BCUT2D eigenvalue weighted by Crippen LogP contribution is 2.08. The molecule has 0 saturated carbocycles. The van der Waals surface area contributed by atoms with Gasteiger partial charge in [-0.1, -0.05) is 57.6 Å². The average molecular weight is 270 g/mol. The van der Waals surface area contributed by atoms with Crippen molar-refractivity contribution >= 4 is 5.97 Å². The van der Waals surface area contributed by atoms with Gasteiger partial charge in [0, 0.05) is 6.42 Å². The van der Waals surface area contributed by atoms with E-state index in [1.807, 2.05) is 0 Å². The van der Waals surface area contributed by atoms with Crippen LogP contribution >= 0.6 is 0 Å². The fourth-order valence-electron chi connectivity index (χ4n) is 1.99. The SMILES string of the molecule is [13CH3][13CH2][13CH2][13CH2][13CH2][13CH2]/[13CH]=[13CH]/[13CH2][13CH2][13CH2][13CH2][13CH2][13CH2][13CH2][13C](=O)O. The predicted octanol–water partition coefficient (Wildman–Crippen LogP) is 5.33. The first-order valence-corrected chi connectivity index (χ1v) is 7.64. The molecule has 106 valence electrons. The summed E-state index contributed by atoms with van der Waals surface area (Å²) < 4.78 is 0. The van der Waals surface area contributed by atoms with E-state index in [0.29, 0.717) is 6.42 Å². The van der Waals surface area contributed by atoms with Crippen LogP contribution in [0.5, 0.6) is 0 Å². The number of rotatable bonds is 13. The molecular formula is C16H30O2. The van der Waals surface area contributed by atoms with Crippen molar-refractivity contribution in [2.75, 3.05) is 0 Å². The topological polar surface area (TPSA) is 37.3 Å². The maximum Gasteiger partial charge on any atom is 0.303 e. The Morgan fingerprint density at radius 3 is 1.89 bits per heavy atom. The van der Waals surface area contributed by atoms with Crippen LogP contribution in [0.15, 0.2) is 12.2 Å². The first-order valence-electron chi connectivity index (χ1n) is 7.64. The number of hydrogen-bond donors (Lipinski definition) is 1. The van der Waals surface area contributed by atoms with Gasteiger partial charge in [0.1, 0.15) is 0 Å². The van der Waals surface area contributed by atoms with Gasteiger partial charge in [0.2, 0.25) is 0 Å². The molecule has 2 nitrogen and oxygen atoms in total. The number of carboxylic acid groups (broad SMARTS) is 1. The smallest absolute Gasteiger partial charge is 0.303 e. The third-order valence-electron chi connectivity index (χ3n) is 3.15. The van der Waals surface area contributed by atoms with Crippen molar-refractivity contribution in [1.82, 2.24) is 0 Å². The molecule has 0 bridgehead atoms. The summed E-state index contributed by atoms with van der Waals surface area (Å²) in [5.41, 5.74) is 0. The molecule has 0 aromatic rings. The molecule has 0 radical (unpaired) electrons. The van der Waals surface area contributed by atoms with Crippen LogP contribution in [-0.4, -0.2) is 11.1 Å². The lowest BCUT2D eigenvalue weighted by Gasteiger charge is -1.98. The van der Waals surface area contributed by atoms with Crippen LogP contribution in [0.1, 0.15) is 84.0 Å². The van der Waals surface area contributed by atoms with Crippen molar-refractivity contribution in [3.05, 3.63) is 12.2 Å². The summed E-state index contributed by atoms with van der Waals surface area (Å²) in [6.45, 7) is 2.24. The van der Waals surface area contributed by atoms with Gasteiger partial charge in [-0.05, 0) is 32.1 Å². The standard InChI is InChI=1S/C16H30O2/c1-2-3-4-5-6-7-8-9-10-11-12-13-14-15-16(17)18/h7-8H,2-6,9-15H2,1H3,(H,17,18)/b8-7+/i1+1,2+1,3+1,4+1,5+1,6+1,7+1,8+1,9+1,10+1,11+1,12+1,13+1,14+1,15+1,16+1. The number of aliphatic carboxylic acids is 1. The summed E-state index contributed by atoms with van der Waals surface area (Å²) in [4.78, 5) is 10.3. The highest BCUT2D eigenvalue weighted by molar-refractivity contribution is 5.66. The normalized spacial score (nSPS) is 11.2. The first-order chi connectivity index (χ1) is 8.77. The maximum absolute atomic E-state index is 10.3. The number of unbranched alkanes of at least 4 members (excludes halogenated alkanes) is 9. The maximum atomic E-state index is 10.3. The molecule has 0 saturated heterocycles. The summed E-state index contributed by atoms with van der Waals surface area (Å²) in [6.07, 6.45) is 18.3. The van der Waals surface area contributed by atoms with Gasteiger partial charge in [-0.2, -0.15) is 0 Å². The fourth-order valence-corrected chi connectivity index (χ4v) is 1.99. The molecule has 0 heterocycles. The van der Waals surface area contributed by atoms with Crippen LogP contribution in [-0.2, 0) is 4.79 Å². The van der Waals surface area contributed by atoms with Crippen molar-refractivity contribution in [2.45, 2.75) is 84.0 Å². The van der Waals surface area contributed by atoms with E-state index in [2.05, 4.69) is 19.1 Å². The number of hydrogen-bond acceptors (Lipinski definition) is 1. The molecule has 0 unspecified atom stereocenters. The molecule has 0 aromatic heterocycles. The van der Waals surface area contributed by atoms with E-state index >= 15 is 0 Å². The Labute approximate surface area is 112 Å². The van der Waals surface area contributed by atoms with Gasteiger partial charge in [0.15, 0.2) is 0 Å². The van der Waals surface area contributed by atoms with Crippen LogP contribution in [0.2, 0.25) is 0 Å². The van der Waals surface area contributed by atoms with Gasteiger partial charge in [0.25, 0.3) is 0 Å². The van der Waals surface area contributed by atoms with Gasteiger partial charge < -0.3 is 5.11 Å². The summed E-state index contributed by atoms with van der Waals surface area (Å²) in [7, 11) is 0. The number of carbonyl (C=O) groups is 1. The van der Waals surface area contributed by atoms with E-state index in [-0.39, 0.29) is 0 Å². The van der Waals surface area contributed by atoms with Crippen molar-refractivity contribution in [2.24, 2.45) is 0 Å². The second-order valence-electron chi connectivity index (χ2n) is 5.02. The molecule has 2 heteroatoms. The molecule has 0 aromatic carbocycles. The molecule has 0 aliphatic rings. The molecular weight excluding hydrogens is 240 g/mol. The Kier molecular flexibility index (Phi) is 13.6. The molecule has 0 aliphatic heterocycles. The van der Waals surface area contributed by atoms with Crippen LogP contribution < -0.4 is 0 Å². The predicted molar refractivity (Wildman–Crippen MR) is 77.9 cm³/mol. The van der Waals surface area contributed by atoms with E-state index < -0.39 is 5.97 Å². The molecule has 0 fully saturated rings. The lowest BCUT2D eigenvalue weighted by Crippen LogP contribution is -1.93. The zero-order valence-corrected chi connectivity index (χ0v) is 12.0. The first kappa shape index (κ1) is 17.2. The van der Waals surface area contributed by atoms with E-state index in [1.165, 1.54) is 57.8 Å². The minimum absolute atomic E-state index is 0.331. The summed E-state index contributed by atoms with van der Waals surface area (Å²) >= 11 is 0. The van der Waals surface area contributed by atoms with Gasteiger partial charge in [-0.25, -0.2) is 0 Å². The lowest BCUT2D eigenvalue weighted by atomic mass is 11.1. The monoisotopic (exact) mass is 270 g/mol. The molecule has 0 spiro atoms. The molecule has 1 N–H and O–H groups in total. The van der Waals surface area contributed by atoms with Crippen molar-refractivity contribution in [3.63, 3.8) is 0 Å². The average Bonchev–Trinajstić information content (AvgIpc) is 2.34. The minimum Gasteiger partial charge on any atom is -0.481 e. The summed E-state index contributed by atoms with van der Waals surface area (Å²) in [5.74, 6) is -0.666. The zero-order valence-electron chi connectivity index (χ0n) is 12.0. The number of carboxylic acids is 1. The van der Waals surface area contributed by atoms with Crippen LogP contribution in [0.3, 0.4) is 0 Å². The summed E-state index contributed by atoms with van der Waals surface area (Å²) in [5, 5.41) is 8.48. The van der Waals surface area contributed by atoms with Crippen molar-refractivity contribution in [1.29, 1.82) is 0 Å². The molecule has 18 heavy (non-hydrogen) atoms. The molecule has 0 amide bonds. The summed E-state index contributed by atoms with van der Waals surface area (Å²) in [6, 6.07) is 0. The van der Waals surface area contributed by atoms with E-state index in [1.54, 1.807) is 0 Å². The third-order valence-corrected chi connectivity index (χ3v) is 3.15. The highest BCUT2D eigenvalue weighted by Gasteiger charge is 1.95. The molecule has 0 atom stereocenters. The van der Waals surface area contributed by atoms with Gasteiger partial charge in [-0.15, -0.1) is 0 Å². The van der Waals surface area contributed by atoms with E-state index in [9.17, 15) is 4.79 Å². The van der Waals surface area contributed by atoms with Crippen LogP contribution in [0.25, 0.3) is 0 Å².